The zero-order valence-corrected chi connectivity index (χ0v) is 12.8. The van der Waals surface area contributed by atoms with E-state index in [9.17, 15) is 4.79 Å². The van der Waals surface area contributed by atoms with Gasteiger partial charge in [-0.1, -0.05) is 18.6 Å². The van der Waals surface area contributed by atoms with Crippen molar-refractivity contribution < 1.29 is 9.53 Å². The molecule has 4 nitrogen and oxygen atoms in total. The fourth-order valence-corrected chi connectivity index (χ4v) is 2.92. The number of carbonyl (C=O) groups excluding carboxylic acids is 1. The van der Waals surface area contributed by atoms with Gasteiger partial charge in [0.1, 0.15) is 5.75 Å². The largest absolute Gasteiger partial charge is 0.496 e. The number of rotatable bonds is 3. The monoisotopic (exact) mass is 276 g/mol. The minimum Gasteiger partial charge on any atom is -0.496 e. The number of benzene rings is 1. The minimum absolute atomic E-state index is 0.0759. The SMILES string of the molecule is CNC1CCN(C(=O)c2cc(C)ccc2OC)CC1C. The summed E-state index contributed by atoms with van der Waals surface area (Å²) >= 11 is 0. The van der Waals surface area contributed by atoms with E-state index in [1.807, 2.05) is 37.1 Å². The van der Waals surface area contributed by atoms with Crippen LogP contribution in [0.5, 0.6) is 5.75 Å². The predicted molar refractivity (Wildman–Crippen MR) is 80.3 cm³/mol. The number of nitrogens with zero attached hydrogens (tertiary/aromatic N) is 1. The molecule has 1 N–H and O–H groups in total. The summed E-state index contributed by atoms with van der Waals surface area (Å²) in [5.41, 5.74) is 1.75. The molecule has 0 saturated carbocycles. The average Bonchev–Trinajstić information content (AvgIpc) is 2.46. The Hall–Kier alpha value is -1.55. The van der Waals surface area contributed by atoms with E-state index in [-0.39, 0.29) is 5.91 Å². The smallest absolute Gasteiger partial charge is 0.257 e. The Morgan fingerprint density at radius 2 is 2.20 bits per heavy atom. The molecule has 2 rings (SSSR count). The molecule has 2 unspecified atom stereocenters. The molecule has 1 fully saturated rings. The zero-order chi connectivity index (χ0) is 14.7. The highest BCUT2D eigenvalue weighted by Crippen LogP contribution is 2.24. The molecule has 1 aliphatic heterocycles. The Morgan fingerprint density at radius 3 is 2.80 bits per heavy atom. The van der Waals surface area contributed by atoms with Crippen molar-refractivity contribution >= 4 is 5.91 Å². The number of nitrogens with one attached hydrogen (secondary N) is 1. The van der Waals surface area contributed by atoms with E-state index in [1.54, 1.807) is 7.11 Å². The zero-order valence-electron chi connectivity index (χ0n) is 12.8. The Kier molecular flexibility index (Phi) is 4.65. The maximum Gasteiger partial charge on any atom is 0.257 e. The molecule has 1 amide bonds. The molecule has 0 aromatic heterocycles. The van der Waals surface area contributed by atoms with E-state index >= 15 is 0 Å². The molecule has 1 heterocycles. The van der Waals surface area contributed by atoms with Gasteiger partial charge in [-0.25, -0.2) is 0 Å². The molecule has 0 radical (unpaired) electrons. The molecular weight excluding hydrogens is 252 g/mol. The minimum atomic E-state index is 0.0759. The number of hydrogen-bond donors (Lipinski definition) is 1. The number of methoxy groups -OCH3 is 1. The maximum absolute atomic E-state index is 12.7. The number of carbonyl (C=O) groups is 1. The van der Waals surface area contributed by atoms with E-state index in [0.717, 1.165) is 25.1 Å². The van der Waals surface area contributed by atoms with Crippen molar-refractivity contribution in [2.75, 3.05) is 27.2 Å². The third-order valence-corrected chi connectivity index (χ3v) is 4.15. The summed E-state index contributed by atoms with van der Waals surface area (Å²) in [5, 5.41) is 3.32. The lowest BCUT2D eigenvalue weighted by Gasteiger charge is -2.37. The molecule has 0 bridgehead atoms. The summed E-state index contributed by atoms with van der Waals surface area (Å²) in [6.07, 6.45) is 0.998. The highest BCUT2D eigenvalue weighted by Gasteiger charge is 2.29. The summed E-state index contributed by atoms with van der Waals surface area (Å²) < 4.78 is 5.32. The lowest BCUT2D eigenvalue weighted by atomic mass is 9.93. The molecule has 0 spiro atoms. The van der Waals surface area contributed by atoms with E-state index in [1.165, 1.54) is 0 Å². The summed E-state index contributed by atoms with van der Waals surface area (Å²) in [6.45, 7) is 5.77. The van der Waals surface area contributed by atoms with Gasteiger partial charge in [0.25, 0.3) is 5.91 Å². The van der Waals surface area contributed by atoms with Crippen molar-refractivity contribution in [2.24, 2.45) is 5.92 Å². The second kappa shape index (κ2) is 6.27. The lowest BCUT2D eigenvalue weighted by Crippen LogP contribution is -2.49. The number of hydrogen-bond acceptors (Lipinski definition) is 3. The first-order valence-electron chi connectivity index (χ1n) is 7.18. The van der Waals surface area contributed by atoms with Crippen LogP contribution in [0.1, 0.15) is 29.3 Å². The van der Waals surface area contributed by atoms with Crippen molar-refractivity contribution in [2.45, 2.75) is 26.3 Å². The number of piperidine rings is 1. The van der Waals surface area contributed by atoms with Gasteiger partial charge in [0.05, 0.1) is 12.7 Å². The fourth-order valence-electron chi connectivity index (χ4n) is 2.92. The fraction of sp³-hybridized carbons (Fsp3) is 0.562. The number of ether oxygens (including phenoxy) is 1. The van der Waals surface area contributed by atoms with Gasteiger partial charge < -0.3 is 15.0 Å². The van der Waals surface area contributed by atoms with Crippen LogP contribution in [-0.2, 0) is 0 Å². The van der Waals surface area contributed by atoms with E-state index in [0.29, 0.717) is 23.3 Å². The van der Waals surface area contributed by atoms with Gasteiger partial charge in [-0.05, 0) is 38.4 Å². The predicted octanol–water partition coefficient (Wildman–Crippen LogP) is 2.07. The first-order valence-corrected chi connectivity index (χ1v) is 7.18. The number of amides is 1. The molecule has 20 heavy (non-hydrogen) atoms. The molecule has 4 heteroatoms. The first-order chi connectivity index (χ1) is 9.56. The Labute approximate surface area is 121 Å². The van der Waals surface area contributed by atoms with Crippen LogP contribution >= 0.6 is 0 Å². The van der Waals surface area contributed by atoms with E-state index in [4.69, 9.17) is 4.74 Å². The summed E-state index contributed by atoms with van der Waals surface area (Å²) in [6, 6.07) is 6.24. The van der Waals surface area contributed by atoms with Gasteiger partial charge in [0.2, 0.25) is 0 Å². The summed E-state index contributed by atoms with van der Waals surface area (Å²) in [7, 11) is 3.60. The Balaban J connectivity index is 2.18. The van der Waals surface area contributed by atoms with Gasteiger partial charge in [-0.15, -0.1) is 0 Å². The molecule has 1 aromatic carbocycles. The highest BCUT2D eigenvalue weighted by atomic mass is 16.5. The van der Waals surface area contributed by atoms with Crippen LogP contribution in [0.3, 0.4) is 0 Å². The van der Waals surface area contributed by atoms with Gasteiger partial charge in [0.15, 0.2) is 0 Å². The summed E-state index contributed by atoms with van der Waals surface area (Å²) in [5.74, 6) is 1.20. The topological polar surface area (TPSA) is 41.6 Å². The number of likely N-dealkylation sites (tertiary alicyclic amines) is 1. The van der Waals surface area contributed by atoms with Crippen molar-refractivity contribution in [3.05, 3.63) is 29.3 Å². The second-order valence-electron chi connectivity index (χ2n) is 5.62. The molecule has 110 valence electrons. The third kappa shape index (κ3) is 2.96. The van der Waals surface area contributed by atoms with Crippen LogP contribution in [-0.4, -0.2) is 44.1 Å². The van der Waals surface area contributed by atoms with Crippen molar-refractivity contribution in [3.63, 3.8) is 0 Å². The van der Waals surface area contributed by atoms with Crippen LogP contribution in [0.2, 0.25) is 0 Å². The average molecular weight is 276 g/mol. The normalized spacial score (nSPS) is 22.7. The van der Waals surface area contributed by atoms with Gasteiger partial charge in [0, 0.05) is 19.1 Å². The molecule has 1 aromatic rings. The Morgan fingerprint density at radius 1 is 1.45 bits per heavy atom. The second-order valence-corrected chi connectivity index (χ2v) is 5.62. The van der Waals surface area contributed by atoms with Gasteiger partial charge in [-0.3, -0.25) is 4.79 Å². The van der Waals surface area contributed by atoms with Crippen LogP contribution in [0, 0.1) is 12.8 Å². The van der Waals surface area contributed by atoms with Crippen molar-refractivity contribution in [3.8, 4) is 5.75 Å². The van der Waals surface area contributed by atoms with Crippen LogP contribution in [0.25, 0.3) is 0 Å². The number of aryl methyl sites for hydroxylation is 1. The Bertz CT molecular complexity index is 487. The quantitative estimate of drug-likeness (QED) is 0.919. The lowest BCUT2D eigenvalue weighted by molar-refractivity contribution is 0.0646. The van der Waals surface area contributed by atoms with Crippen molar-refractivity contribution in [1.29, 1.82) is 0 Å². The first kappa shape index (κ1) is 14.9. The highest BCUT2D eigenvalue weighted by molar-refractivity contribution is 5.97. The van der Waals surface area contributed by atoms with Gasteiger partial charge in [-0.2, -0.15) is 0 Å². The molecule has 0 aliphatic carbocycles. The summed E-state index contributed by atoms with van der Waals surface area (Å²) in [4.78, 5) is 14.6. The van der Waals surface area contributed by atoms with Gasteiger partial charge >= 0.3 is 0 Å². The van der Waals surface area contributed by atoms with Crippen LogP contribution in [0.15, 0.2) is 18.2 Å². The molecule has 1 aliphatic rings. The standard InChI is InChI=1S/C16H24N2O2/c1-11-5-6-15(20-4)13(9-11)16(19)18-8-7-14(17-3)12(2)10-18/h5-6,9,12,14,17H,7-8,10H2,1-4H3. The third-order valence-electron chi connectivity index (χ3n) is 4.15. The maximum atomic E-state index is 12.7. The van der Waals surface area contributed by atoms with Crippen molar-refractivity contribution in [1.82, 2.24) is 10.2 Å². The van der Waals surface area contributed by atoms with Crippen LogP contribution < -0.4 is 10.1 Å². The van der Waals surface area contributed by atoms with E-state index in [2.05, 4.69) is 12.2 Å². The molecular formula is C16H24N2O2. The molecule has 2 atom stereocenters. The van der Waals surface area contributed by atoms with Crippen LogP contribution in [0.4, 0.5) is 0 Å². The van der Waals surface area contributed by atoms with E-state index < -0.39 is 0 Å². The molecule has 1 saturated heterocycles.